The predicted molar refractivity (Wildman–Crippen MR) is 127 cm³/mol. The summed E-state index contributed by atoms with van der Waals surface area (Å²) in [5.41, 5.74) is 1.96. The second kappa shape index (κ2) is 8.84. The molecule has 0 bridgehead atoms. The zero-order valence-corrected chi connectivity index (χ0v) is 19.1. The number of benzene rings is 2. The molecule has 1 saturated heterocycles. The van der Waals surface area contributed by atoms with E-state index < -0.39 is 15.3 Å². The molecule has 6 nitrogen and oxygen atoms in total. The first-order chi connectivity index (χ1) is 15.3. The summed E-state index contributed by atoms with van der Waals surface area (Å²) in [6, 6.07) is 9.54. The molecule has 3 aromatic rings. The Morgan fingerprint density at radius 2 is 1.94 bits per heavy atom. The molecule has 1 unspecified atom stereocenters. The largest absolute Gasteiger partial charge is 0.366 e. The maximum absolute atomic E-state index is 14.7. The van der Waals surface area contributed by atoms with Crippen LogP contribution < -0.4 is 4.90 Å². The number of carbonyl (C=O) groups is 2. The summed E-state index contributed by atoms with van der Waals surface area (Å²) in [4.78, 5) is 32.8. The molecule has 1 fully saturated rings. The lowest BCUT2D eigenvalue weighted by atomic mass is 10.0. The molecule has 0 saturated carbocycles. The van der Waals surface area contributed by atoms with E-state index in [0.29, 0.717) is 64.7 Å². The number of nitrogens with zero attached hydrogens (tertiary/aromatic N) is 3. The lowest BCUT2D eigenvalue weighted by Crippen LogP contribution is -2.49. The number of rotatable bonds is 5. The van der Waals surface area contributed by atoms with Crippen molar-refractivity contribution in [3.8, 4) is 10.6 Å². The summed E-state index contributed by atoms with van der Waals surface area (Å²) in [6.45, 7) is 1.71. The highest BCUT2D eigenvalue weighted by Crippen LogP contribution is 2.29. The van der Waals surface area contributed by atoms with Crippen LogP contribution in [-0.4, -0.2) is 64.6 Å². The number of carbonyl (C=O) groups excluding carboxylic acids is 2. The average Bonchev–Trinajstić information content (AvgIpc) is 3.32. The van der Waals surface area contributed by atoms with Gasteiger partial charge in [-0.05, 0) is 39.7 Å². The molecule has 4 rings (SSSR count). The van der Waals surface area contributed by atoms with Crippen LogP contribution >= 0.6 is 11.3 Å². The molecule has 32 heavy (non-hydrogen) atoms. The minimum atomic E-state index is -2.49. The van der Waals surface area contributed by atoms with Crippen molar-refractivity contribution >= 4 is 44.6 Å². The first kappa shape index (κ1) is 22.2. The van der Waals surface area contributed by atoms with Crippen LogP contribution in [0.1, 0.15) is 20.7 Å². The minimum absolute atomic E-state index is 0.183. The number of thiazole rings is 1. The summed E-state index contributed by atoms with van der Waals surface area (Å²) in [5, 5.41) is 2.55. The Hall–Kier alpha value is -3.04. The molecule has 0 radical (unpaired) electrons. The molecule has 2 heterocycles. The first-order valence-electron chi connectivity index (χ1n) is 9.93. The number of aromatic nitrogens is 1. The normalized spacial score (nSPS) is 15.9. The van der Waals surface area contributed by atoms with Gasteiger partial charge in [-0.2, -0.15) is 0 Å². The minimum Gasteiger partial charge on any atom is -0.366 e. The number of amides is 1. The zero-order chi connectivity index (χ0) is 22.9. The van der Waals surface area contributed by atoms with E-state index in [2.05, 4.69) is 10.9 Å². The van der Waals surface area contributed by atoms with Gasteiger partial charge in [0.1, 0.15) is 17.1 Å². The van der Waals surface area contributed by atoms with Crippen LogP contribution in [0.15, 0.2) is 52.9 Å². The lowest BCUT2D eigenvalue weighted by Gasteiger charge is -2.36. The van der Waals surface area contributed by atoms with Gasteiger partial charge in [-0.1, -0.05) is 12.1 Å². The van der Waals surface area contributed by atoms with Gasteiger partial charge in [-0.25, -0.2) is 9.37 Å². The van der Waals surface area contributed by atoms with Gasteiger partial charge in [0.15, 0.2) is 0 Å². The van der Waals surface area contributed by atoms with Gasteiger partial charge >= 0.3 is 0 Å². The molecule has 166 valence electrons. The van der Waals surface area contributed by atoms with E-state index in [9.17, 15) is 18.2 Å². The van der Waals surface area contributed by atoms with Gasteiger partial charge in [0, 0.05) is 60.0 Å². The van der Waals surface area contributed by atoms with Crippen molar-refractivity contribution in [3.05, 3.63) is 64.9 Å². The Morgan fingerprint density at radius 3 is 2.53 bits per heavy atom. The molecule has 1 amide bonds. The Kier molecular flexibility index (Phi) is 6.12. The van der Waals surface area contributed by atoms with Gasteiger partial charge < -0.3 is 9.80 Å². The Bertz CT molecular complexity index is 1270. The smallest absolute Gasteiger partial charge is 0.254 e. The van der Waals surface area contributed by atoms with E-state index in [1.54, 1.807) is 41.4 Å². The standard InChI is InChI=1S/C23H22FN3O3S2/c1-32(2,30)17-4-6-21(20(24)14-17)26-8-10-27(11-9-26)23(29)19-13-16(15-28)3-5-18(19)22-25-7-12-31-22/h3-7,12-15H,1,8-11H2,2H3. The first-order valence-corrected chi connectivity index (χ1v) is 12.9. The Balaban J connectivity index is 1.53. The highest BCUT2D eigenvalue weighted by atomic mass is 32.2. The van der Waals surface area contributed by atoms with Crippen molar-refractivity contribution in [3.63, 3.8) is 0 Å². The van der Waals surface area contributed by atoms with Gasteiger partial charge in [-0.15, -0.1) is 11.3 Å². The number of piperazine rings is 1. The number of hydrogen-bond donors (Lipinski definition) is 0. The highest BCUT2D eigenvalue weighted by Gasteiger charge is 2.26. The number of halogens is 1. The second-order valence-electron chi connectivity index (χ2n) is 7.66. The van der Waals surface area contributed by atoms with E-state index in [1.165, 1.54) is 23.7 Å². The highest BCUT2D eigenvalue weighted by molar-refractivity contribution is 7.99. The molecular formula is C23H22FN3O3S2. The van der Waals surface area contributed by atoms with E-state index in [-0.39, 0.29) is 5.91 Å². The third-order valence-corrected chi connectivity index (χ3v) is 7.46. The molecule has 2 aromatic carbocycles. The van der Waals surface area contributed by atoms with Gasteiger partial charge in [-0.3, -0.25) is 13.8 Å². The number of aldehydes is 1. The van der Waals surface area contributed by atoms with Crippen molar-refractivity contribution in [2.24, 2.45) is 0 Å². The predicted octanol–water partition coefficient (Wildman–Crippen LogP) is 3.43. The van der Waals surface area contributed by atoms with Crippen LogP contribution in [0.5, 0.6) is 0 Å². The Morgan fingerprint density at radius 1 is 1.19 bits per heavy atom. The van der Waals surface area contributed by atoms with Crippen molar-refractivity contribution in [1.29, 1.82) is 0 Å². The number of anilines is 1. The molecular weight excluding hydrogens is 449 g/mol. The summed E-state index contributed by atoms with van der Waals surface area (Å²) >= 11 is 1.42. The molecule has 0 spiro atoms. The fraction of sp³-hybridized carbons (Fsp3) is 0.217. The topological polar surface area (TPSA) is 70.6 Å². The lowest BCUT2D eigenvalue weighted by molar-refractivity contribution is 0.0747. The van der Waals surface area contributed by atoms with Crippen LogP contribution in [0, 0.1) is 5.82 Å². The zero-order valence-electron chi connectivity index (χ0n) is 17.5. The fourth-order valence-electron chi connectivity index (χ4n) is 3.69. The molecule has 9 heteroatoms. The molecule has 0 aliphatic carbocycles. The molecule has 1 aliphatic rings. The van der Waals surface area contributed by atoms with Crippen LogP contribution in [0.25, 0.3) is 10.6 Å². The van der Waals surface area contributed by atoms with Crippen LogP contribution in [0.4, 0.5) is 10.1 Å². The summed E-state index contributed by atoms with van der Waals surface area (Å²) in [6.07, 6.45) is 3.87. The van der Waals surface area contributed by atoms with Crippen LogP contribution in [-0.2, 0) is 9.52 Å². The molecule has 1 aliphatic heterocycles. The van der Waals surface area contributed by atoms with Crippen molar-refractivity contribution in [2.45, 2.75) is 4.90 Å². The SMILES string of the molecule is C=S(C)(=O)c1ccc(N2CCN(C(=O)c3cc(C=O)ccc3-c3nccs3)CC2)c(F)c1. The Labute approximate surface area is 190 Å². The summed E-state index contributed by atoms with van der Waals surface area (Å²) in [5.74, 6) is 2.96. The number of hydrogen-bond acceptors (Lipinski definition) is 6. The van der Waals surface area contributed by atoms with Gasteiger partial charge in [0.05, 0.1) is 11.3 Å². The second-order valence-corrected chi connectivity index (χ2v) is 11.0. The summed E-state index contributed by atoms with van der Waals surface area (Å²) in [7, 11) is -2.49. The van der Waals surface area contributed by atoms with Crippen molar-refractivity contribution in [2.75, 3.05) is 37.3 Å². The van der Waals surface area contributed by atoms with E-state index in [0.717, 1.165) is 0 Å². The van der Waals surface area contributed by atoms with E-state index in [4.69, 9.17) is 0 Å². The van der Waals surface area contributed by atoms with Gasteiger partial charge in [0.25, 0.3) is 5.91 Å². The van der Waals surface area contributed by atoms with Gasteiger partial charge in [0.2, 0.25) is 0 Å². The quantitative estimate of drug-likeness (QED) is 0.421. The third-order valence-electron chi connectivity index (χ3n) is 5.40. The third kappa shape index (κ3) is 4.44. The molecule has 1 aromatic heterocycles. The van der Waals surface area contributed by atoms with Crippen molar-refractivity contribution < 1.29 is 18.2 Å². The maximum atomic E-state index is 14.7. The average molecular weight is 472 g/mol. The molecule has 0 N–H and O–H groups in total. The van der Waals surface area contributed by atoms with Crippen LogP contribution in [0.3, 0.4) is 0 Å². The van der Waals surface area contributed by atoms with Crippen molar-refractivity contribution in [1.82, 2.24) is 9.88 Å². The molecule has 1 atom stereocenters. The van der Waals surface area contributed by atoms with Crippen LogP contribution in [0.2, 0.25) is 0 Å². The van der Waals surface area contributed by atoms with E-state index in [1.807, 2.05) is 10.3 Å². The fourth-order valence-corrected chi connectivity index (χ4v) is 5.07. The van der Waals surface area contributed by atoms with E-state index >= 15 is 0 Å². The summed E-state index contributed by atoms with van der Waals surface area (Å²) < 4.78 is 26.7. The monoisotopic (exact) mass is 471 g/mol. The maximum Gasteiger partial charge on any atom is 0.254 e.